The van der Waals surface area contributed by atoms with Crippen LogP contribution in [0, 0.1) is 11.3 Å². The Morgan fingerprint density at radius 3 is 2.67 bits per heavy atom. The minimum atomic E-state index is -0.0723. The predicted molar refractivity (Wildman–Crippen MR) is 55.9 cm³/mol. The monoisotopic (exact) mass is 287 g/mol. The standard InChI is InChI=1S/C9H7Br2N/c1-6(5-12)8-4-7(10)2-3-9(8)11/h2-4,6H,1H3. The van der Waals surface area contributed by atoms with Gasteiger partial charge in [-0.05, 0) is 30.7 Å². The van der Waals surface area contributed by atoms with Crippen LogP contribution in [0.3, 0.4) is 0 Å². The summed E-state index contributed by atoms with van der Waals surface area (Å²) in [7, 11) is 0. The summed E-state index contributed by atoms with van der Waals surface area (Å²) in [6, 6.07) is 8.03. The van der Waals surface area contributed by atoms with Crippen LogP contribution >= 0.6 is 31.9 Å². The van der Waals surface area contributed by atoms with Crippen molar-refractivity contribution in [1.82, 2.24) is 0 Å². The van der Waals surface area contributed by atoms with E-state index in [1.54, 1.807) is 0 Å². The fraction of sp³-hybridized carbons (Fsp3) is 0.222. The lowest BCUT2D eigenvalue weighted by atomic mass is 10.0. The summed E-state index contributed by atoms with van der Waals surface area (Å²) in [6.07, 6.45) is 0. The Morgan fingerprint density at radius 1 is 1.42 bits per heavy atom. The lowest BCUT2D eigenvalue weighted by Crippen LogP contribution is -1.90. The van der Waals surface area contributed by atoms with Crippen molar-refractivity contribution in [3.8, 4) is 6.07 Å². The Morgan fingerprint density at radius 2 is 2.08 bits per heavy atom. The van der Waals surface area contributed by atoms with Crippen molar-refractivity contribution < 1.29 is 0 Å². The molecule has 0 aliphatic heterocycles. The fourth-order valence-corrected chi connectivity index (χ4v) is 1.88. The maximum Gasteiger partial charge on any atom is 0.0701 e. The molecule has 0 N–H and O–H groups in total. The number of halogens is 2. The van der Waals surface area contributed by atoms with Crippen LogP contribution in [0.1, 0.15) is 18.4 Å². The average Bonchev–Trinajstić information content (AvgIpc) is 2.08. The summed E-state index contributed by atoms with van der Waals surface area (Å²) in [5.41, 5.74) is 1.02. The molecule has 0 aromatic heterocycles. The van der Waals surface area contributed by atoms with E-state index in [9.17, 15) is 0 Å². The first kappa shape index (κ1) is 9.76. The summed E-state index contributed by atoms with van der Waals surface area (Å²) in [6.45, 7) is 1.88. The van der Waals surface area contributed by atoms with Crippen LogP contribution in [0.2, 0.25) is 0 Å². The molecule has 0 bridgehead atoms. The largest absolute Gasteiger partial charge is 0.198 e. The molecule has 0 aliphatic rings. The van der Waals surface area contributed by atoms with Gasteiger partial charge in [0.1, 0.15) is 0 Å². The van der Waals surface area contributed by atoms with Crippen molar-refractivity contribution in [2.45, 2.75) is 12.8 Å². The number of nitrogens with zero attached hydrogens (tertiary/aromatic N) is 1. The molecule has 1 aromatic rings. The predicted octanol–water partition coefficient (Wildman–Crippen LogP) is 3.84. The van der Waals surface area contributed by atoms with Crippen LogP contribution in [0.5, 0.6) is 0 Å². The molecule has 0 aliphatic carbocycles. The van der Waals surface area contributed by atoms with Crippen LogP contribution in [0.25, 0.3) is 0 Å². The van der Waals surface area contributed by atoms with Crippen molar-refractivity contribution in [2.24, 2.45) is 0 Å². The van der Waals surface area contributed by atoms with Crippen LogP contribution < -0.4 is 0 Å². The molecule has 0 heterocycles. The van der Waals surface area contributed by atoms with Crippen LogP contribution in [0.15, 0.2) is 27.1 Å². The molecule has 0 saturated carbocycles. The van der Waals surface area contributed by atoms with Crippen molar-refractivity contribution in [3.05, 3.63) is 32.7 Å². The van der Waals surface area contributed by atoms with Gasteiger partial charge in [0, 0.05) is 8.95 Å². The molecule has 12 heavy (non-hydrogen) atoms. The summed E-state index contributed by atoms with van der Waals surface area (Å²) >= 11 is 6.76. The Balaban J connectivity index is 3.15. The summed E-state index contributed by atoms with van der Waals surface area (Å²) < 4.78 is 1.99. The first-order chi connectivity index (χ1) is 5.65. The van der Waals surface area contributed by atoms with Gasteiger partial charge < -0.3 is 0 Å². The van der Waals surface area contributed by atoms with E-state index in [4.69, 9.17) is 5.26 Å². The number of rotatable bonds is 1. The Hall–Kier alpha value is -0.330. The average molecular weight is 289 g/mol. The fourth-order valence-electron chi connectivity index (χ4n) is 0.916. The van der Waals surface area contributed by atoms with Gasteiger partial charge in [0.25, 0.3) is 0 Å². The summed E-state index contributed by atoms with van der Waals surface area (Å²) in [4.78, 5) is 0. The van der Waals surface area contributed by atoms with Crippen LogP contribution in [-0.4, -0.2) is 0 Å². The zero-order valence-corrected chi connectivity index (χ0v) is 9.68. The second-order valence-electron chi connectivity index (χ2n) is 2.52. The van der Waals surface area contributed by atoms with Crippen molar-refractivity contribution >= 4 is 31.9 Å². The molecule has 1 aromatic carbocycles. The van der Waals surface area contributed by atoms with Gasteiger partial charge in [0.15, 0.2) is 0 Å². The molecule has 0 saturated heterocycles. The Labute approximate surface area is 88.7 Å². The highest BCUT2D eigenvalue weighted by Gasteiger charge is 2.07. The summed E-state index contributed by atoms with van der Waals surface area (Å²) in [5, 5.41) is 8.72. The normalized spacial score (nSPS) is 12.2. The van der Waals surface area contributed by atoms with E-state index in [0.29, 0.717) is 0 Å². The molecule has 1 rings (SSSR count). The van der Waals surface area contributed by atoms with Gasteiger partial charge in [-0.1, -0.05) is 31.9 Å². The molecular weight excluding hydrogens is 282 g/mol. The zero-order chi connectivity index (χ0) is 9.14. The topological polar surface area (TPSA) is 23.8 Å². The second kappa shape index (κ2) is 4.06. The van der Waals surface area contributed by atoms with E-state index < -0.39 is 0 Å². The molecule has 62 valence electrons. The molecular formula is C9H7Br2N. The lowest BCUT2D eigenvalue weighted by molar-refractivity contribution is 0.972. The van der Waals surface area contributed by atoms with Gasteiger partial charge in [-0.25, -0.2) is 0 Å². The Bertz CT molecular complexity index is 328. The van der Waals surface area contributed by atoms with Gasteiger partial charge in [-0.3, -0.25) is 0 Å². The van der Waals surface area contributed by atoms with E-state index in [2.05, 4.69) is 37.9 Å². The van der Waals surface area contributed by atoms with Gasteiger partial charge in [0.05, 0.1) is 12.0 Å². The third-order valence-corrected chi connectivity index (χ3v) is 2.83. The number of nitriles is 1. The van der Waals surface area contributed by atoms with E-state index in [0.717, 1.165) is 14.5 Å². The molecule has 1 unspecified atom stereocenters. The molecule has 1 nitrogen and oxygen atoms in total. The van der Waals surface area contributed by atoms with Crippen LogP contribution in [0.4, 0.5) is 0 Å². The smallest absolute Gasteiger partial charge is 0.0701 e. The Kier molecular flexibility index (Phi) is 3.30. The van der Waals surface area contributed by atoms with Crippen LogP contribution in [-0.2, 0) is 0 Å². The first-order valence-corrected chi connectivity index (χ1v) is 5.08. The highest BCUT2D eigenvalue weighted by molar-refractivity contribution is 9.11. The van der Waals surface area contributed by atoms with Crippen molar-refractivity contribution in [3.63, 3.8) is 0 Å². The van der Waals surface area contributed by atoms with Gasteiger partial charge in [-0.15, -0.1) is 0 Å². The van der Waals surface area contributed by atoms with Gasteiger partial charge in [-0.2, -0.15) is 5.26 Å². The molecule has 0 radical (unpaired) electrons. The van der Waals surface area contributed by atoms with Crippen molar-refractivity contribution in [2.75, 3.05) is 0 Å². The SMILES string of the molecule is CC(C#N)c1cc(Br)ccc1Br. The second-order valence-corrected chi connectivity index (χ2v) is 4.29. The third kappa shape index (κ3) is 2.09. The minimum absolute atomic E-state index is 0.0723. The number of hydrogen-bond acceptors (Lipinski definition) is 1. The van der Waals surface area contributed by atoms with Crippen molar-refractivity contribution in [1.29, 1.82) is 5.26 Å². The van der Waals surface area contributed by atoms with Gasteiger partial charge in [0.2, 0.25) is 0 Å². The highest BCUT2D eigenvalue weighted by atomic mass is 79.9. The molecule has 0 fully saturated rings. The number of hydrogen-bond donors (Lipinski definition) is 0. The van der Waals surface area contributed by atoms with E-state index >= 15 is 0 Å². The summed E-state index contributed by atoms with van der Waals surface area (Å²) in [5.74, 6) is -0.0723. The third-order valence-electron chi connectivity index (χ3n) is 1.62. The maximum absolute atomic E-state index is 8.72. The minimum Gasteiger partial charge on any atom is -0.198 e. The lowest BCUT2D eigenvalue weighted by Gasteiger charge is -2.05. The van der Waals surface area contributed by atoms with E-state index in [-0.39, 0.29) is 5.92 Å². The maximum atomic E-state index is 8.72. The zero-order valence-electron chi connectivity index (χ0n) is 6.51. The van der Waals surface area contributed by atoms with Gasteiger partial charge >= 0.3 is 0 Å². The molecule has 1 atom stereocenters. The molecule has 0 spiro atoms. The number of benzene rings is 1. The highest BCUT2D eigenvalue weighted by Crippen LogP contribution is 2.27. The quantitative estimate of drug-likeness (QED) is 0.770. The van der Waals surface area contributed by atoms with E-state index in [1.807, 2.05) is 25.1 Å². The van der Waals surface area contributed by atoms with E-state index in [1.165, 1.54) is 0 Å². The molecule has 3 heteroatoms. The first-order valence-electron chi connectivity index (χ1n) is 3.49. The molecule has 0 amide bonds.